The molecule has 0 spiro atoms. The van der Waals surface area contributed by atoms with Crippen LogP contribution in [0.5, 0.6) is 0 Å². The highest BCUT2D eigenvalue weighted by Crippen LogP contribution is 2.15. The second-order valence-electron chi connectivity index (χ2n) is 3.92. The van der Waals surface area contributed by atoms with E-state index >= 15 is 0 Å². The molecule has 0 aromatic heterocycles. The highest BCUT2D eigenvalue weighted by molar-refractivity contribution is 6.27. The van der Waals surface area contributed by atoms with Gasteiger partial charge in [0.05, 0.1) is 0 Å². The van der Waals surface area contributed by atoms with Crippen LogP contribution >= 0.6 is 11.6 Å². The predicted molar refractivity (Wildman–Crippen MR) is 71.4 cm³/mol. The Kier molecular flexibility index (Phi) is 3.99. The second kappa shape index (κ2) is 5.69. The Bertz CT molecular complexity index is 524. The van der Waals surface area contributed by atoms with E-state index in [-0.39, 0.29) is 11.8 Å². The first-order valence-electron chi connectivity index (χ1n) is 5.60. The van der Waals surface area contributed by atoms with Crippen molar-refractivity contribution in [3.63, 3.8) is 0 Å². The fourth-order valence-electron chi connectivity index (χ4n) is 1.79. The van der Waals surface area contributed by atoms with Gasteiger partial charge in [0.2, 0.25) is 5.91 Å². The van der Waals surface area contributed by atoms with Gasteiger partial charge in [-0.2, -0.15) is 0 Å². The maximum atomic E-state index is 11.0. The van der Waals surface area contributed by atoms with E-state index in [2.05, 4.69) is 35.6 Å². The smallest absolute Gasteiger partial charge is 0.234 e. The lowest BCUT2D eigenvalue weighted by Crippen LogP contribution is -2.26. The zero-order valence-corrected chi connectivity index (χ0v) is 10.2. The summed E-state index contributed by atoms with van der Waals surface area (Å²) in [5.74, 6) is -0.0926. The van der Waals surface area contributed by atoms with Gasteiger partial charge in [-0.1, -0.05) is 42.5 Å². The molecule has 17 heavy (non-hydrogen) atoms. The van der Waals surface area contributed by atoms with E-state index in [0.29, 0.717) is 6.54 Å². The Morgan fingerprint density at radius 2 is 1.88 bits per heavy atom. The maximum absolute atomic E-state index is 11.0. The van der Waals surface area contributed by atoms with E-state index in [1.165, 1.54) is 16.3 Å². The van der Waals surface area contributed by atoms with Crippen molar-refractivity contribution in [2.75, 3.05) is 12.4 Å². The van der Waals surface area contributed by atoms with Gasteiger partial charge in [0, 0.05) is 6.54 Å². The van der Waals surface area contributed by atoms with Crippen LogP contribution in [0.1, 0.15) is 5.56 Å². The monoisotopic (exact) mass is 247 g/mol. The summed E-state index contributed by atoms with van der Waals surface area (Å²) in [5.41, 5.74) is 1.22. The Morgan fingerprint density at radius 3 is 2.65 bits per heavy atom. The fourth-order valence-corrected chi connectivity index (χ4v) is 1.88. The minimum Gasteiger partial charge on any atom is -0.355 e. The first-order valence-corrected chi connectivity index (χ1v) is 6.13. The van der Waals surface area contributed by atoms with E-state index in [0.717, 1.165) is 6.42 Å². The number of fused-ring (bicyclic) bond motifs is 1. The zero-order valence-electron chi connectivity index (χ0n) is 9.45. The van der Waals surface area contributed by atoms with Crippen molar-refractivity contribution in [1.82, 2.24) is 5.32 Å². The summed E-state index contributed by atoms with van der Waals surface area (Å²) >= 11 is 5.40. The number of rotatable bonds is 4. The third kappa shape index (κ3) is 3.21. The Morgan fingerprint density at radius 1 is 1.12 bits per heavy atom. The van der Waals surface area contributed by atoms with Crippen molar-refractivity contribution >= 4 is 28.3 Å². The van der Waals surface area contributed by atoms with Crippen LogP contribution in [0.15, 0.2) is 42.5 Å². The molecule has 2 rings (SSSR count). The number of carbonyl (C=O) groups is 1. The van der Waals surface area contributed by atoms with Gasteiger partial charge >= 0.3 is 0 Å². The Hall–Kier alpha value is -1.54. The molecule has 0 fully saturated rings. The topological polar surface area (TPSA) is 29.1 Å². The van der Waals surface area contributed by atoms with Gasteiger partial charge in [0.25, 0.3) is 0 Å². The average Bonchev–Trinajstić information content (AvgIpc) is 2.38. The molecule has 2 aromatic rings. The van der Waals surface area contributed by atoms with Gasteiger partial charge in [-0.15, -0.1) is 11.6 Å². The first-order chi connectivity index (χ1) is 8.29. The van der Waals surface area contributed by atoms with Crippen LogP contribution in [0.2, 0.25) is 0 Å². The molecule has 0 saturated carbocycles. The molecule has 0 aliphatic rings. The number of hydrogen-bond acceptors (Lipinski definition) is 1. The number of nitrogens with one attached hydrogen (secondary N) is 1. The largest absolute Gasteiger partial charge is 0.355 e. The lowest BCUT2D eigenvalue weighted by atomic mass is 10.1. The molecule has 0 unspecified atom stereocenters. The van der Waals surface area contributed by atoms with Gasteiger partial charge < -0.3 is 5.32 Å². The van der Waals surface area contributed by atoms with Crippen LogP contribution in [0.25, 0.3) is 10.8 Å². The quantitative estimate of drug-likeness (QED) is 0.827. The Balaban J connectivity index is 2.02. The number of amides is 1. The molecule has 1 amide bonds. The van der Waals surface area contributed by atoms with Crippen LogP contribution < -0.4 is 5.32 Å². The number of hydrogen-bond donors (Lipinski definition) is 1. The van der Waals surface area contributed by atoms with Crippen LogP contribution in [0.4, 0.5) is 0 Å². The van der Waals surface area contributed by atoms with Crippen LogP contribution in [0, 0.1) is 0 Å². The average molecular weight is 248 g/mol. The molecule has 2 aromatic carbocycles. The number of alkyl halides is 1. The molecule has 0 saturated heterocycles. The molecule has 0 bridgehead atoms. The van der Waals surface area contributed by atoms with Crippen molar-refractivity contribution in [2.45, 2.75) is 6.42 Å². The van der Waals surface area contributed by atoms with E-state index in [9.17, 15) is 4.79 Å². The second-order valence-corrected chi connectivity index (χ2v) is 4.18. The van der Waals surface area contributed by atoms with Crippen molar-refractivity contribution in [2.24, 2.45) is 0 Å². The molecule has 0 heterocycles. The van der Waals surface area contributed by atoms with Crippen LogP contribution in [-0.4, -0.2) is 18.3 Å². The molecule has 0 aliphatic heterocycles. The number of carbonyl (C=O) groups excluding carboxylic acids is 1. The van der Waals surface area contributed by atoms with Crippen LogP contribution in [-0.2, 0) is 11.2 Å². The van der Waals surface area contributed by atoms with Gasteiger partial charge in [0.15, 0.2) is 0 Å². The summed E-state index contributed by atoms with van der Waals surface area (Å²) in [6.45, 7) is 0.629. The minimum atomic E-state index is -0.118. The third-order valence-corrected chi connectivity index (χ3v) is 2.91. The van der Waals surface area contributed by atoms with Crippen LogP contribution in [0.3, 0.4) is 0 Å². The van der Waals surface area contributed by atoms with Gasteiger partial charge in [-0.05, 0) is 22.8 Å². The molecule has 88 valence electrons. The molecular formula is C14H14ClNO. The summed E-state index contributed by atoms with van der Waals surface area (Å²) in [6.07, 6.45) is 0.827. The highest BCUT2D eigenvalue weighted by atomic mass is 35.5. The molecule has 0 atom stereocenters. The third-order valence-electron chi connectivity index (χ3n) is 2.67. The summed E-state index contributed by atoms with van der Waals surface area (Å²) in [4.78, 5) is 11.0. The molecule has 0 radical (unpaired) electrons. The molecule has 3 heteroatoms. The van der Waals surface area contributed by atoms with Crippen molar-refractivity contribution < 1.29 is 4.79 Å². The minimum absolute atomic E-state index is 0.0255. The molecular weight excluding hydrogens is 234 g/mol. The summed E-state index contributed by atoms with van der Waals surface area (Å²) in [6, 6.07) is 14.6. The number of benzene rings is 2. The fraction of sp³-hybridized carbons (Fsp3) is 0.214. The zero-order chi connectivity index (χ0) is 12.1. The standard InChI is InChI=1S/C14H14ClNO/c15-10-14(17)16-8-7-11-5-6-12-3-1-2-4-13(12)9-11/h1-6,9H,7-8,10H2,(H,16,17). The highest BCUT2D eigenvalue weighted by Gasteiger charge is 1.99. The lowest BCUT2D eigenvalue weighted by molar-refractivity contribution is -0.118. The van der Waals surface area contributed by atoms with E-state index in [1.807, 2.05) is 12.1 Å². The molecule has 1 N–H and O–H groups in total. The van der Waals surface area contributed by atoms with E-state index in [1.54, 1.807) is 0 Å². The Labute approximate surface area is 106 Å². The van der Waals surface area contributed by atoms with Gasteiger partial charge in [0.1, 0.15) is 5.88 Å². The summed E-state index contributed by atoms with van der Waals surface area (Å²) in [5, 5.41) is 5.23. The SMILES string of the molecule is O=C(CCl)NCCc1ccc2ccccc2c1. The van der Waals surface area contributed by atoms with Gasteiger partial charge in [-0.3, -0.25) is 4.79 Å². The summed E-state index contributed by atoms with van der Waals surface area (Å²) < 4.78 is 0. The first kappa shape index (κ1) is 11.9. The normalized spacial score (nSPS) is 10.4. The molecule has 2 nitrogen and oxygen atoms in total. The van der Waals surface area contributed by atoms with Crippen molar-refractivity contribution in [3.8, 4) is 0 Å². The van der Waals surface area contributed by atoms with Gasteiger partial charge in [-0.25, -0.2) is 0 Å². The summed E-state index contributed by atoms with van der Waals surface area (Å²) in [7, 11) is 0. The maximum Gasteiger partial charge on any atom is 0.234 e. The van der Waals surface area contributed by atoms with Crippen molar-refractivity contribution in [1.29, 1.82) is 0 Å². The lowest BCUT2D eigenvalue weighted by Gasteiger charge is -2.05. The molecule has 0 aliphatic carbocycles. The van der Waals surface area contributed by atoms with E-state index in [4.69, 9.17) is 11.6 Å². The van der Waals surface area contributed by atoms with Crippen molar-refractivity contribution in [3.05, 3.63) is 48.0 Å². The van der Waals surface area contributed by atoms with E-state index < -0.39 is 0 Å². The number of halogens is 1. The predicted octanol–water partition coefficient (Wildman–Crippen LogP) is 2.74.